The van der Waals surface area contributed by atoms with Crippen LogP contribution >= 0.6 is 0 Å². The molecule has 76 valence electrons. The van der Waals surface area contributed by atoms with E-state index in [0.29, 0.717) is 6.20 Å². The van der Waals surface area contributed by atoms with Crippen molar-refractivity contribution in [2.45, 2.75) is 6.18 Å². The van der Waals surface area contributed by atoms with Crippen LogP contribution in [0.15, 0.2) is 18.5 Å². The van der Waals surface area contributed by atoms with Gasteiger partial charge < -0.3 is 0 Å². The highest BCUT2D eigenvalue weighted by atomic mass is 19.4. The van der Waals surface area contributed by atoms with Crippen molar-refractivity contribution in [1.82, 2.24) is 10.4 Å². The highest BCUT2D eigenvalue weighted by Crippen LogP contribution is 2.30. The van der Waals surface area contributed by atoms with Crippen LogP contribution in [-0.2, 0) is 6.18 Å². The lowest BCUT2D eigenvalue weighted by atomic mass is 10.1. The van der Waals surface area contributed by atoms with Gasteiger partial charge in [0.25, 0.3) is 5.91 Å². The van der Waals surface area contributed by atoms with Crippen molar-refractivity contribution in [3.05, 3.63) is 29.6 Å². The van der Waals surface area contributed by atoms with Crippen molar-refractivity contribution in [3.63, 3.8) is 0 Å². The fourth-order valence-electron chi connectivity index (χ4n) is 0.896. The summed E-state index contributed by atoms with van der Waals surface area (Å²) in [5.41, 5.74) is -0.0276. The van der Waals surface area contributed by atoms with Crippen LogP contribution < -0.4 is 11.3 Å². The third kappa shape index (κ3) is 1.99. The van der Waals surface area contributed by atoms with Crippen molar-refractivity contribution in [2.24, 2.45) is 5.84 Å². The number of rotatable bonds is 1. The minimum absolute atomic E-state index is 0.546. The van der Waals surface area contributed by atoms with Gasteiger partial charge >= 0.3 is 6.18 Å². The Morgan fingerprint density at radius 1 is 1.50 bits per heavy atom. The second-order valence-corrected chi connectivity index (χ2v) is 2.39. The second-order valence-electron chi connectivity index (χ2n) is 2.39. The number of nitrogen functional groups attached to an aromatic ring is 1. The fraction of sp³-hybridized carbons (Fsp3) is 0.143. The summed E-state index contributed by atoms with van der Waals surface area (Å²) in [6.45, 7) is 0. The van der Waals surface area contributed by atoms with Gasteiger partial charge in [0, 0.05) is 12.4 Å². The molecule has 1 amide bonds. The van der Waals surface area contributed by atoms with Crippen LogP contribution in [0.1, 0.15) is 15.9 Å². The molecule has 0 fully saturated rings. The van der Waals surface area contributed by atoms with Crippen molar-refractivity contribution >= 4 is 5.91 Å². The van der Waals surface area contributed by atoms with Crippen LogP contribution in [0.2, 0.25) is 0 Å². The van der Waals surface area contributed by atoms with E-state index in [1.165, 1.54) is 0 Å². The van der Waals surface area contributed by atoms with Gasteiger partial charge in [-0.1, -0.05) is 0 Å². The maximum absolute atomic E-state index is 12.3. The summed E-state index contributed by atoms with van der Waals surface area (Å²) in [4.78, 5) is 14.2. The fourth-order valence-corrected chi connectivity index (χ4v) is 0.896. The standard InChI is InChI=1S/C7H6F3N3O/c8-7(9,10)5-3-12-2-1-4(5)6(14)13-11/h1-3H,11H2,(H,13,14). The van der Waals surface area contributed by atoms with E-state index in [4.69, 9.17) is 5.84 Å². The van der Waals surface area contributed by atoms with E-state index in [0.717, 1.165) is 12.3 Å². The molecule has 14 heavy (non-hydrogen) atoms. The zero-order chi connectivity index (χ0) is 10.8. The molecule has 0 aliphatic carbocycles. The first kappa shape index (κ1) is 10.5. The Morgan fingerprint density at radius 3 is 2.64 bits per heavy atom. The first-order valence-corrected chi connectivity index (χ1v) is 3.49. The number of pyridine rings is 1. The minimum Gasteiger partial charge on any atom is -0.290 e. The van der Waals surface area contributed by atoms with Gasteiger partial charge in [-0.05, 0) is 6.07 Å². The summed E-state index contributed by atoms with van der Waals surface area (Å²) in [6, 6.07) is 0.949. The number of carbonyl (C=O) groups is 1. The summed E-state index contributed by atoms with van der Waals surface area (Å²) in [5, 5.41) is 0. The van der Waals surface area contributed by atoms with Crippen molar-refractivity contribution in [2.75, 3.05) is 0 Å². The summed E-state index contributed by atoms with van der Waals surface area (Å²) in [5.74, 6) is 3.73. The molecule has 1 heterocycles. The molecule has 0 saturated heterocycles. The predicted molar refractivity (Wildman–Crippen MR) is 40.9 cm³/mol. The van der Waals surface area contributed by atoms with Crippen LogP contribution in [0, 0.1) is 0 Å². The maximum atomic E-state index is 12.3. The predicted octanol–water partition coefficient (Wildman–Crippen LogP) is 0.704. The SMILES string of the molecule is NNC(=O)c1ccncc1C(F)(F)F. The van der Waals surface area contributed by atoms with E-state index in [1.54, 1.807) is 5.43 Å². The van der Waals surface area contributed by atoms with Gasteiger partial charge in [0.1, 0.15) is 0 Å². The molecule has 1 rings (SSSR count). The quantitative estimate of drug-likeness (QED) is 0.403. The molecule has 0 aliphatic heterocycles. The summed E-state index contributed by atoms with van der Waals surface area (Å²) in [7, 11) is 0. The number of amides is 1. The molecule has 0 spiro atoms. The lowest BCUT2D eigenvalue weighted by Gasteiger charge is -2.10. The Labute approximate surface area is 76.9 Å². The first-order valence-electron chi connectivity index (χ1n) is 3.49. The average Bonchev–Trinajstić information content (AvgIpc) is 2.15. The average molecular weight is 205 g/mol. The molecule has 0 aromatic carbocycles. The van der Waals surface area contributed by atoms with Gasteiger partial charge in [0.15, 0.2) is 0 Å². The third-order valence-corrected chi connectivity index (χ3v) is 1.50. The number of halogens is 3. The monoisotopic (exact) mass is 205 g/mol. The van der Waals surface area contributed by atoms with Crippen molar-refractivity contribution in [3.8, 4) is 0 Å². The molecular weight excluding hydrogens is 199 g/mol. The second kappa shape index (κ2) is 3.62. The van der Waals surface area contributed by atoms with E-state index in [-0.39, 0.29) is 0 Å². The Morgan fingerprint density at radius 2 is 2.14 bits per heavy atom. The highest BCUT2D eigenvalue weighted by Gasteiger charge is 2.35. The molecule has 3 N–H and O–H groups in total. The van der Waals surface area contributed by atoms with E-state index >= 15 is 0 Å². The maximum Gasteiger partial charge on any atom is 0.418 e. The number of hydrazine groups is 1. The number of aromatic nitrogens is 1. The number of hydrogen-bond donors (Lipinski definition) is 2. The lowest BCUT2D eigenvalue weighted by Crippen LogP contribution is -2.31. The normalized spacial score (nSPS) is 11.1. The van der Waals surface area contributed by atoms with Gasteiger partial charge in [-0.15, -0.1) is 0 Å². The first-order chi connectivity index (χ1) is 6.46. The summed E-state index contributed by atoms with van der Waals surface area (Å²) < 4.78 is 36.9. The van der Waals surface area contributed by atoms with E-state index in [1.807, 2.05) is 0 Å². The molecule has 0 unspecified atom stereocenters. The van der Waals surface area contributed by atoms with Crippen LogP contribution in [0.5, 0.6) is 0 Å². The molecule has 0 radical (unpaired) electrons. The van der Waals surface area contributed by atoms with Crippen LogP contribution in [0.3, 0.4) is 0 Å². The number of alkyl halides is 3. The minimum atomic E-state index is -4.61. The number of hydrogen-bond acceptors (Lipinski definition) is 3. The van der Waals surface area contributed by atoms with Crippen LogP contribution in [0.25, 0.3) is 0 Å². The van der Waals surface area contributed by atoms with Gasteiger partial charge in [0.05, 0.1) is 11.1 Å². The Kier molecular flexibility index (Phi) is 2.70. The molecule has 1 aromatic rings. The third-order valence-electron chi connectivity index (χ3n) is 1.50. The van der Waals surface area contributed by atoms with Crippen molar-refractivity contribution < 1.29 is 18.0 Å². The van der Waals surface area contributed by atoms with Crippen LogP contribution in [-0.4, -0.2) is 10.9 Å². The van der Waals surface area contributed by atoms with Gasteiger partial charge in [-0.3, -0.25) is 15.2 Å². The molecular formula is C7H6F3N3O. The van der Waals surface area contributed by atoms with Gasteiger partial charge in [-0.25, -0.2) is 5.84 Å². The topological polar surface area (TPSA) is 68.0 Å². The molecule has 1 aromatic heterocycles. The molecule has 0 saturated carbocycles. The van der Waals surface area contributed by atoms with Gasteiger partial charge in [-0.2, -0.15) is 13.2 Å². The molecule has 0 atom stereocenters. The summed E-state index contributed by atoms with van der Waals surface area (Å²) >= 11 is 0. The van der Waals surface area contributed by atoms with E-state index in [2.05, 4.69) is 4.98 Å². The van der Waals surface area contributed by atoms with Crippen LogP contribution in [0.4, 0.5) is 13.2 Å². The Hall–Kier alpha value is -1.63. The molecule has 4 nitrogen and oxygen atoms in total. The van der Waals surface area contributed by atoms with E-state index < -0.39 is 23.2 Å². The van der Waals surface area contributed by atoms with Crippen molar-refractivity contribution in [1.29, 1.82) is 0 Å². The van der Waals surface area contributed by atoms with Gasteiger partial charge in [0.2, 0.25) is 0 Å². The zero-order valence-corrected chi connectivity index (χ0v) is 6.80. The number of nitrogens with two attached hydrogens (primary N) is 1. The smallest absolute Gasteiger partial charge is 0.290 e. The molecule has 0 aliphatic rings. The zero-order valence-electron chi connectivity index (χ0n) is 6.80. The number of carbonyl (C=O) groups excluding carboxylic acids is 1. The number of nitrogens with zero attached hydrogens (tertiary/aromatic N) is 1. The lowest BCUT2D eigenvalue weighted by molar-refractivity contribution is -0.138. The highest BCUT2D eigenvalue weighted by molar-refractivity contribution is 5.95. The van der Waals surface area contributed by atoms with E-state index in [9.17, 15) is 18.0 Å². The molecule has 0 bridgehead atoms. The number of nitrogens with one attached hydrogen (secondary N) is 1. The largest absolute Gasteiger partial charge is 0.418 e. The Bertz CT molecular complexity index is 350. The molecule has 7 heteroatoms. The Balaban J connectivity index is 3.23. The summed E-state index contributed by atoms with van der Waals surface area (Å²) in [6.07, 6.45) is -2.96.